The lowest BCUT2D eigenvalue weighted by atomic mass is 9.82. The highest BCUT2D eigenvalue weighted by molar-refractivity contribution is 5.81. The Morgan fingerprint density at radius 1 is 1.12 bits per heavy atom. The molecule has 0 bridgehead atoms. The van der Waals surface area contributed by atoms with Crippen LogP contribution in [-0.4, -0.2) is 86.5 Å². The smallest absolute Gasteiger partial charge is 0.239 e. The molecule has 3 aliphatic rings. The summed E-state index contributed by atoms with van der Waals surface area (Å²) in [5.41, 5.74) is 0. The van der Waals surface area contributed by atoms with Gasteiger partial charge in [-0.05, 0) is 50.5 Å². The first-order valence-electron chi connectivity index (χ1n) is 10.5. The molecule has 148 valence electrons. The molecule has 0 aromatic carbocycles. The molecule has 0 spiro atoms. The first kappa shape index (κ1) is 19.5. The number of aliphatic imine (C=N–C) groups is 1. The zero-order chi connectivity index (χ0) is 18.5. The fraction of sp³-hybridized carbons (Fsp3) is 0.900. The molecule has 1 amide bonds. The summed E-state index contributed by atoms with van der Waals surface area (Å²) in [5.74, 6) is 3.09. The van der Waals surface area contributed by atoms with Crippen LogP contribution in [0.25, 0.3) is 0 Å². The van der Waals surface area contributed by atoms with Crippen LogP contribution in [0.15, 0.2) is 4.99 Å². The maximum Gasteiger partial charge on any atom is 0.239 e. The minimum atomic E-state index is 0.0889. The Bertz CT molecular complexity index is 492. The number of likely N-dealkylation sites (tertiary alicyclic amines) is 2. The van der Waals surface area contributed by atoms with Crippen molar-refractivity contribution < 1.29 is 4.79 Å². The van der Waals surface area contributed by atoms with E-state index in [1.165, 1.54) is 38.8 Å². The van der Waals surface area contributed by atoms with E-state index in [1.807, 2.05) is 21.1 Å². The van der Waals surface area contributed by atoms with Crippen molar-refractivity contribution in [1.82, 2.24) is 20.0 Å². The molecule has 0 aromatic rings. The number of likely N-dealkylation sites (N-methyl/N-ethyl adjacent to an activating group) is 1. The van der Waals surface area contributed by atoms with E-state index in [0.717, 1.165) is 56.7 Å². The molecule has 2 saturated heterocycles. The number of nitrogens with one attached hydrogen (secondary N) is 1. The molecule has 1 aliphatic carbocycles. The minimum Gasteiger partial charge on any atom is -0.356 e. The quantitative estimate of drug-likeness (QED) is 0.458. The van der Waals surface area contributed by atoms with Crippen LogP contribution in [-0.2, 0) is 4.79 Å². The van der Waals surface area contributed by atoms with E-state index in [0.29, 0.717) is 0 Å². The van der Waals surface area contributed by atoms with Gasteiger partial charge >= 0.3 is 0 Å². The van der Waals surface area contributed by atoms with Crippen LogP contribution in [0, 0.1) is 11.8 Å². The van der Waals surface area contributed by atoms with Crippen molar-refractivity contribution in [2.75, 3.05) is 53.9 Å². The number of hydrogen-bond acceptors (Lipinski definition) is 3. The van der Waals surface area contributed by atoms with Crippen molar-refractivity contribution in [1.29, 1.82) is 0 Å². The van der Waals surface area contributed by atoms with Gasteiger partial charge in [0.1, 0.15) is 0 Å². The van der Waals surface area contributed by atoms with Crippen molar-refractivity contribution in [3.05, 3.63) is 0 Å². The molecule has 26 heavy (non-hydrogen) atoms. The van der Waals surface area contributed by atoms with Gasteiger partial charge in [0.25, 0.3) is 0 Å². The van der Waals surface area contributed by atoms with Crippen LogP contribution in [0.3, 0.4) is 0 Å². The van der Waals surface area contributed by atoms with Gasteiger partial charge in [-0.15, -0.1) is 0 Å². The standard InChI is InChI=1S/C20H37N5O/c1-21-20(25-14-16-8-4-5-9-17(16)15-25)22-11-7-13-24-12-6-10-18(24)19(26)23(2)3/h16-18H,4-15H2,1-3H3,(H,21,22). The number of guanidine groups is 1. The van der Waals surface area contributed by atoms with Crippen LogP contribution < -0.4 is 5.32 Å². The van der Waals surface area contributed by atoms with E-state index in [9.17, 15) is 4.79 Å². The fourth-order valence-corrected chi connectivity index (χ4v) is 5.06. The monoisotopic (exact) mass is 363 g/mol. The lowest BCUT2D eigenvalue weighted by molar-refractivity contribution is -0.133. The Hall–Kier alpha value is -1.30. The van der Waals surface area contributed by atoms with Gasteiger partial charge in [0.2, 0.25) is 5.91 Å². The summed E-state index contributed by atoms with van der Waals surface area (Å²) in [6, 6.07) is 0.0889. The molecule has 2 heterocycles. The van der Waals surface area contributed by atoms with E-state index >= 15 is 0 Å². The van der Waals surface area contributed by atoms with Crippen molar-refractivity contribution in [2.24, 2.45) is 16.8 Å². The van der Waals surface area contributed by atoms with Crippen LogP contribution in [0.2, 0.25) is 0 Å². The van der Waals surface area contributed by atoms with Crippen molar-refractivity contribution in [2.45, 2.75) is 51.0 Å². The van der Waals surface area contributed by atoms with Crippen LogP contribution in [0.4, 0.5) is 0 Å². The molecule has 3 atom stereocenters. The maximum atomic E-state index is 12.3. The second-order valence-corrected chi connectivity index (χ2v) is 8.46. The SMILES string of the molecule is CN=C(NCCCN1CCCC1C(=O)N(C)C)N1CC2CCCCC2C1. The van der Waals surface area contributed by atoms with Crippen molar-refractivity contribution in [3.63, 3.8) is 0 Å². The first-order chi connectivity index (χ1) is 12.6. The second-order valence-electron chi connectivity index (χ2n) is 8.46. The highest BCUT2D eigenvalue weighted by atomic mass is 16.2. The number of carbonyl (C=O) groups excluding carboxylic acids is 1. The van der Waals surface area contributed by atoms with E-state index in [2.05, 4.69) is 20.1 Å². The van der Waals surface area contributed by atoms with Gasteiger partial charge < -0.3 is 15.1 Å². The van der Waals surface area contributed by atoms with Crippen LogP contribution in [0.5, 0.6) is 0 Å². The zero-order valence-electron chi connectivity index (χ0n) is 16.9. The first-order valence-corrected chi connectivity index (χ1v) is 10.5. The van der Waals surface area contributed by atoms with Crippen molar-refractivity contribution in [3.8, 4) is 0 Å². The highest BCUT2D eigenvalue weighted by Crippen LogP contribution is 2.35. The summed E-state index contributed by atoms with van der Waals surface area (Å²) in [5, 5.41) is 3.57. The Morgan fingerprint density at radius 3 is 2.42 bits per heavy atom. The van der Waals surface area contributed by atoms with E-state index in [4.69, 9.17) is 0 Å². The molecule has 3 fully saturated rings. The average Bonchev–Trinajstić information content (AvgIpc) is 3.27. The van der Waals surface area contributed by atoms with E-state index in [-0.39, 0.29) is 11.9 Å². The summed E-state index contributed by atoms with van der Waals surface area (Å²) in [6.07, 6.45) is 8.80. The summed E-state index contributed by atoms with van der Waals surface area (Å²) < 4.78 is 0. The number of rotatable bonds is 5. The van der Waals surface area contributed by atoms with Gasteiger partial charge in [-0.2, -0.15) is 0 Å². The lowest BCUT2D eigenvalue weighted by Gasteiger charge is -2.26. The summed E-state index contributed by atoms with van der Waals surface area (Å²) >= 11 is 0. The number of carbonyl (C=O) groups is 1. The van der Waals surface area contributed by atoms with Gasteiger partial charge in [-0.1, -0.05) is 12.8 Å². The Balaban J connectivity index is 1.40. The Morgan fingerprint density at radius 2 is 1.81 bits per heavy atom. The largest absolute Gasteiger partial charge is 0.356 e. The predicted molar refractivity (Wildman–Crippen MR) is 106 cm³/mol. The number of amides is 1. The summed E-state index contributed by atoms with van der Waals surface area (Å²) in [4.78, 5) is 23.4. The molecular formula is C20H37N5O. The van der Waals surface area contributed by atoms with Gasteiger partial charge in [0.15, 0.2) is 5.96 Å². The van der Waals surface area contributed by atoms with Crippen LogP contribution >= 0.6 is 0 Å². The lowest BCUT2D eigenvalue weighted by Crippen LogP contribution is -2.44. The zero-order valence-corrected chi connectivity index (χ0v) is 16.9. The summed E-state index contributed by atoms with van der Waals surface area (Å²) in [6.45, 7) is 5.32. The molecule has 6 nitrogen and oxygen atoms in total. The third kappa shape index (κ3) is 4.51. The minimum absolute atomic E-state index is 0.0889. The topological polar surface area (TPSA) is 51.2 Å². The van der Waals surface area contributed by atoms with Crippen molar-refractivity contribution >= 4 is 11.9 Å². The number of hydrogen-bond donors (Lipinski definition) is 1. The predicted octanol–water partition coefficient (Wildman–Crippen LogP) is 1.63. The molecule has 2 aliphatic heterocycles. The molecule has 0 radical (unpaired) electrons. The van der Waals surface area contributed by atoms with Crippen LogP contribution in [0.1, 0.15) is 44.9 Å². The van der Waals surface area contributed by atoms with Gasteiger partial charge in [0, 0.05) is 47.3 Å². The highest BCUT2D eigenvalue weighted by Gasteiger charge is 2.35. The summed E-state index contributed by atoms with van der Waals surface area (Å²) in [7, 11) is 5.62. The third-order valence-corrected chi connectivity index (χ3v) is 6.48. The number of fused-ring (bicyclic) bond motifs is 1. The molecule has 6 heteroatoms. The normalized spacial score (nSPS) is 29.7. The average molecular weight is 364 g/mol. The molecule has 1 saturated carbocycles. The Kier molecular flexibility index (Phi) is 6.79. The molecule has 3 unspecified atom stereocenters. The van der Waals surface area contributed by atoms with Gasteiger partial charge in [-0.25, -0.2) is 0 Å². The molecule has 3 rings (SSSR count). The van der Waals surface area contributed by atoms with E-state index < -0.39 is 0 Å². The van der Waals surface area contributed by atoms with E-state index in [1.54, 1.807) is 4.90 Å². The molecular weight excluding hydrogens is 326 g/mol. The Labute approximate surface area is 159 Å². The number of nitrogens with zero attached hydrogens (tertiary/aromatic N) is 4. The second kappa shape index (κ2) is 9.07. The third-order valence-electron chi connectivity index (χ3n) is 6.48. The maximum absolute atomic E-state index is 12.3. The fourth-order valence-electron chi connectivity index (χ4n) is 5.06. The molecule has 0 aromatic heterocycles. The van der Waals surface area contributed by atoms with Gasteiger partial charge in [0.05, 0.1) is 6.04 Å². The molecule has 1 N–H and O–H groups in total. The van der Waals surface area contributed by atoms with Gasteiger partial charge in [-0.3, -0.25) is 14.7 Å².